The third-order valence-electron chi connectivity index (χ3n) is 2.44. The number of hydrogen-bond donors (Lipinski definition) is 0. The minimum Gasteiger partial charge on any atom is -0.338 e. The Morgan fingerprint density at radius 3 is 2.69 bits per heavy atom. The molecule has 0 unspecified atom stereocenters. The van der Waals surface area contributed by atoms with Gasteiger partial charge in [-0.1, -0.05) is 6.92 Å². The van der Waals surface area contributed by atoms with Gasteiger partial charge in [0.25, 0.3) is 5.91 Å². The molecule has 0 aliphatic carbocycles. The van der Waals surface area contributed by atoms with Crippen molar-refractivity contribution in [2.24, 2.45) is 5.92 Å². The van der Waals surface area contributed by atoms with Crippen LogP contribution in [0, 0.1) is 12.8 Å². The highest BCUT2D eigenvalue weighted by atomic mass is 32.1. The molecule has 0 spiro atoms. The first-order valence-corrected chi connectivity index (χ1v) is 5.45. The lowest BCUT2D eigenvalue weighted by Gasteiger charge is -2.37. The Labute approximate surface area is 82.2 Å². The van der Waals surface area contributed by atoms with Crippen molar-refractivity contribution in [2.45, 2.75) is 13.8 Å². The molecule has 13 heavy (non-hydrogen) atoms. The Hall–Kier alpha value is -0.830. The van der Waals surface area contributed by atoms with E-state index >= 15 is 0 Å². The summed E-state index contributed by atoms with van der Waals surface area (Å²) >= 11 is 1.60. The molecule has 0 bridgehead atoms. The maximum Gasteiger partial charge on any atom is 0.254 e. The van der Waals surface area contributed by atoms with Crippen LogP contribution in [0.1, 0.15) is 22.8 Å². The van der Waals surface area contributed by atoms with Gasteiger partial charge in [0.05, 0.1) is 5.56 Å². The average molecular weight is 195 g/mol. The van der Waals surface area contributed by atoms with Crippen LogP contribution in [0.5, 0.6) is 0 Å². The van der Waals surface area contributed by atoms with Gasteiger partial charge < -0.3 is 4.90 Å². The first-order chi connectivity index (χ1) is 6.18. The van der Waals surface area contributed by atoms with Gasteiger partial charge in [0.2, 0.25) is 0 Å². The van der Waals surface area contributed by atoms with Gasteiger partial charge in [-0.2, -0.15) is 11.3 Å². The first kappa shape index (κ1) is 8.75. The normalized spacial score (nSPS) is 17.2. The largest absolute Gasteiger partial charge is 0.338 e. The van der Waals surface area contributed by atoms with Crippen molar-refractivity contribution in [3.63, 3.8) is 0 Å². The van der Waals surface area contributed by atoms with E-state index in [4.69, 9.17) is 0 Å². The smallest absolute Gasteiger partial charge is 0.254 e. The van der Waals surface area contributed by atoms with E-state index in [1.54, 1.807) is 11.3 Å². The zero-order valence-electron chi connectivity index (χ0n) is 7.91. The number of carbonyl (C=O) groups is 1. The van der Waals surface area contributed by atoms with Crippen molar-refractivity contribution >= 4 is 17.2 Å². The molecule has 1 fully saturated rings. The number of amides is 1. The summed E-state index contributed by atoms with van der Waals surface area (Å²) in [6, 6.07) is 0. The number of aryl methyl sites for hydroxylation is 1. The fourth-order valence-corrected chi connectivity index (χ4v) is 2.44. The molecular weight excluding hydrogens is 182 g/mol. The van der Waals surface area contributed by atoms with E-state index in [-0.39, 0.29) is 5.91 Å². The Morgan fingerprint density at radius 2 is 2.23 bits per heavy atom. The third kappa shape index (κ3) is 1.48. The van der Waals surface area contributed by atoms with Crippen LogP contribution < -0.4 is 0 Å². The molecule has 0 N–H and O–H groups in total. The molecule has 1 aromatic heterocycles. The number of carbonyl (C=O) groups excluding carboxylic acids is 1. The van der Waals surface area contributed by atoms with E-state index in [2.05, 4.69) is 6.92 Å². The lowest BCUT2D eigenvalue weighted by Crippen LogP contribution is -2.48. The molecule has 1 amide bonds. The minimum atomic E-state index is 0.205. The SMILES string of the molecule is Cc1cscc1C(=O)N1CC(C)C1. The lowest BCUT2D eigenvalue weighted by atomic mass is 10.0. The molecule has 0 saturated carbocycles. The van der Waals surface area contributed by atoms with Crippen molar-refractivity contribution in [1.29, 1.82) is 0 Å². The number of hydrogen-bond acceptors (Lipinski definition) is 2. The Balaban J connectivity index is 2.10. The van der Waals surface area contributed by atoms with Crippen molar-refractivity contribution in [3.05, 3.63) is 21.9 Å². The van der Waals surface area contributed by atoms with E-state index in [1.165, 1.54) is 0 Å². The highest BCUT2D eigenvalue weighted by Gasteiger charge is 2.28. The van der Waals surface area contributed by atoms with Crippen molar-refractivity contribution < 1.29 is 4.79 Å². The number of nitrogens with zero attached hydrogens (tertiary/aromatic N) is 1. The third-order valence-corrected chi connectivity index (χ3v) is 3.30. The van der Waals surface area contributed by atoms with Gasteiger partial charge >= 0.3 is 0 Å². The number of thiophene rings is 1. The second-order valence-electron chi connectivity index (χ2n) is 3.78. The van der Waals surface area contributed by atoms with E-state index in [0.29, 0.717) is 5.92 Å². The standard InChI is InChI=1S/C10H13NOS/c1-7-3-11(4-7)10(12)9-6-13-5-8(9)2/h5-7H,3-4H2,1-2H3. The van der Waals surface area contributed by atoms with Gasteiger partial charge in [-0.15, -0.1) is 0 Å². The summed E-state index contributed by atoms with van der Waals surface area (Å²) in [7, 11) is 0. The van der Waals surface area contributed by atoms with Crippen LogP contribution in [-0.2, 0) is 0 Å². The van der Waals surface area contributed by atoms with Crippen LogP contribution in [-0.4, -0.2) is 23.9 Å². The molecule has 3 heteroatoms. The summed E-state index contributed by atoms with van der Waals surface area (Å²) in [4.78, 5) is 13.7. The van der Waals surface area contributed by atoms with Crippen molar-refractivity contribution in [1.82, 2.24) is 4.90 Å². The van der Waals surface area contributed by atoms with Crippen LogP contribution in [0.4, 0.5) is 0 Å². The molecule has 1 aliphatic heterocycles. The predicted molar refractivity (Wildman–Crippen MR) is 54.1 cm³/mol. The second kappa shape index (κ2) is 3.14. The van der Waals surface area contributed by atoms with Gasteiger partial charge in [-0.05, 0) is 23.8 Å². The van der Waals surface area contributed by atoms with E-state index in [1.807, 2.05) is 22.6 Å². The maximum absolute atomic E-state index is 11.8. The Morgan fingerprint density at radius 1 is 1.54 bits per heavy atom. The molecule has 1 aromatic rings. The van der Waals surface area contributed by atoms with Crippen LogP contribution in [0.3, 0.4) is 0 Å². The predicted octanol–water partition coefficient (Wildman–Crippen LogP) is 2.15. The average Bonchev–Trinajstić information content (AvgIpc) is 2.44. The van der Waals surface area contributed by atoms with Crippen LogP contribution in [0.25, 0.3) is 0 Å². The zero-order valence-corrected chi connectivity index (χ0v) is 8.73. The fourth-order valence-electron chi connectivity index (χ4n) is 1.61. The molecule has 0 aromatic carbocycles. The number of likely N-dealkylation sites (tertiary alicyclic amines) is 1. The quantitative estimate of drug-likeness (QED) is 0.672. The summed E-state index contributed by atoms with van der Waals surface area (Å²) in [5, 5.41) is 3.97. The van der Waals surface area contributed by atoms with Gasteiger partial charge in [0, 0.05) is 18.5 Å². The highest BCUT2D eigenvalue weighted by molar-refractivity contribution is 7.08. The van der Waals surface area contributed by atoms with Gasteiger partial charge in [-0.25, -0.2) is 0 Å². The molecule has 0 radical (unpaired) electrons. The molecule has 1 saturated heterocycles. The van der Waals surface area contributed by atoms with Crippen molar-refractivity contribution in [3.8, 4) is 0 Å². The number of rotatable bonds is 1. The van der Waals surface area contributed by atoms with Gasteiger partial charge in [0.15, 0.2) is 0 Å². The highest BCUT2D eigenvalue weighted by Crippen LogP contribution is 2.21. The summed E-state index contributed by atoms with van der Waals surface area (Å²) in [6.07, 6.45) is 0. The Bertz CT molecular complexity index is 325. The second-order valence-corrected chi connectivity index (χ2v) is 4.53. The fraction of sp³-hybridized carbons (Fsp3) is 0.500. The molecule has 70 valence electrons. The summed E-state index contributed by atoms with van der Waals surface area (Å²) < 4.78 is 0. The molecule has 0 atom stereocenters. The molecule has 2 nitrogen and oxygen atoms in total. The maximum atomic E-state index is 11.8. The summed E-state index contributed by atoms with van der Waals surface area (Å²) in [5.41, 5.74) is 1.99. The van der Waals surface area contributed by atoms with Crippen LogP contribution >= 0.6 is 11.3 Å². The molecule has 2 heterocycles. The molecule has 1 aliphatic rings. The summed E-state index contributed by atoms with van der Waals surface area (Å²) in [6.45, 7) is 6.01. The monoisotopic (exact) mass is 195 g/mol. The lowest BCUT2D eigenvalue weighted by molar-refractivity contribution is 0.0530. The molecule has 2 rings (SSSR count). The van der Waals surface area contributed by atoms with Crippen molar-refractivity contribution in [2.75, 3.05) is 13.1 Å². The topological polar surface area (TPSA) is 20.3 Å². The van der Waals surface area contributed by atoms with E-state index < -0.39 is 0 Å². The Kier molecular flexibility index (Phi) is 2.12. The van der Waals surface area contributed by atoms with Gasteiger partial charge in [0.1, 0.15) is 0 Å². The molecular formula is C10H13NOS. The van der Waals surface area contributed by atoms with Gasteiger partial charge in [-0.3, -0.25) is 4.79 Å². The zero-order chi connectivity index (χ0) is 9.42. The van der Waals surface area contributed by atoms with Crippen LogP contribution in [0.15, 0.2) is 10.8 Å². The minimum absolute atomic E-state index is 0.205. The van der Waals surface area contributed by atoms with E-state index in [0.717, 1.165) is 24.2 Å². The first-order valence-electron chi connectivity index (χ1n) is 4.50. The van der Waals surface area contributed by atoms with E-state index in [9.17, 15) is 4.79 Å². The summed E-state index contributed by atoms with van der Waals surface area (Å²) in [5.74, 6) is 0.889. The van der Waals surface area contributed by atoms with Crippen LogP contribution in [0.2, 0.25) is 0 Å².